The predicted molar refractivity (Wildman–Crippen MR) is 235 cm³/mol. The predicted octanol–water partition coefficient (Wildman–Crippen LogP) is 17.0. The Bertz CT molecular complexity index is 1250. The van der Waals surface area contributed by atoms with Crippen molar-refractivity contribution in [1.29, 1.82) is 0 Å². The van der Waals surface area contributed by atoms with Crippen molar-refractivity contribution in [2.24, 2.45) is 9.98 Å². The second-order valence-electron chi connectivity index (χ2n) is 15.1. The third kappa shape index (κ3) is 22.4. The lowest BCUT2D eigenvalue weighted by molar-refractivity contribution is 0.611. The standard InChI is InChI=1S/C50H80N2/c1-5-9-13-16-19-21-23-25-27-30-37-45-39-33-35-42-47(45)51-49(41-12-8-4)50(44-32-29-18-15-11-7-3)52-48-43-36-34-40-46(48)38-31-28-26-24-22-20-17-14-10-6-2/h25-28,33-36,39-40,42-43H,5-24,29-32,37-38,41,44H2,1-4H3/b27-25+,28-26+,51-49?,52-50?. The van der Waals surface area contributed by atoms with Gasteiger partial charge in [-0.05, 0) is 100 Å². The fourth-order valence-electron chi connectivity index (χ4n) is 6.93. The van der Waals surface area contributed by atoms with Crippen molar-refractivity contribution < 1.29 is 0 Å². The number of hydrogen-bond donors (Lipinski definition) is 0. The Balaban J connectivity index is 2.21. The highest BCUT2D eigenvalue weighted by Crippen LogP contribution is 2.26. The molecular formula is C50H80N2. The summed E-state index contributed by atoms with van der Waals surface area (Å²) in [6, 6.07) is 17.7. The van der Waals surface area contributed by atoms with Crippen LogP contribution in [0.25, 0.3) is 0 Å². The largest absolute Gasteiger partial charge is 0.251 e. The van der Waals surface area contributed by atoms with Gasteiger partial charge in [0.25, 0.3) is 0 Å². The number of allylic oxidation sites excluding steroid dienone is 4. The van der Waals surface area contributed by atoms with Crippen LogP contribution in [0, 0.1) is 0 Å². The lowest BCUT2D eigenvalue weighted by Crippen LogP contribution is -2.15. The van der Waals surface area contributed by atoms with Gasteiger partial charge >= 0.3 is 0 Å². The minimum absolute atomic E-state index is 0.987. The number of benzene rings is 2. The Kier molecular flexibility index (Phi) is 28.7. The van der Waals surface area contributed by atoms with Crippen LogP contribution in [0.1, 0.15) is 206 Å². The Hall–Kier alpha value is -2.74. The molecule has 0 amide bonds. The molecule has 0 fully saturated rings. The van der Waals surface area contributed by atoms with Crippen LogP contribution in [0.3, 0.4) is 0 Å². The average Bonchev–Trinajstić information content (AvgIpc) is 3.16. The first kappa shape index (κ1) is 45.4. The maximum atomic E-state index is 5.51. The van der Waals surface area contributed by atoms with E-state index in [-0.39, 0.29) is 0 Å². The highest BCUT2D eigenvalue weighted by molar-refractivity contribution is 6.43. The van der Waals surface area contributed by atoms with Crippen LogP contribution in [-0.2, 0) is 12.8 Å². The Labute approximate surface area is 323 Å². The summed E-state index contributed by atoms with van der Waals surface area (Å²) in [6.45, 7) is 9.18. The maximum absolute atomic E-state index is 5.51. The number of para-hydroxylation sites is 2. The molecule has 2 nitrogen and oxygen atoms in total. The molecule has 0 aromatic heterocycles. The highest BCUT2D eigenvalue weighted by Gasteiger charge is 2.13. The van der Waals surface area contributed by atoms with Crippen molar-refractivity contribution in [2.75, 3.05) is 0 Å². The number of hydrogen-bond acceptors (Lipinski definition) is 2. The van der Waals surface area contributed by atoms with Gasteiger partial charge in [-0.1, -0.05) is 191 Å². The molecule has 2 rings (SSSR count). The summed E-state index contributed by atoms with van der Waals surface area (Å²) in [5, 5.41) is 0. The van der Waals surface area contributed by atoms with Crippen LogP contribution >= 0.6 is 0 Å². The van der Waals surface area contributed by atoms with Gasteiger partial charge < -0.3 is 0 Å². The van der Waals surface area contributed by atoms with Crippen molar-refractivity contribution in [3.8, 4) is 0 Å². The first-order valence-electron chi connectivity index (χ1n) is 22.3. The summed E-state index contributed by atoms with van der Waals surface area (Å²) in [5.74, 6) is 0. The van der Waals surface area contributed by atoms with Gasteiger partial charge in [0, 0.05) is 0 Å². The zero-order valence-corrected chi connectivity index (χ0v) is 34.6. The van der Waals surface area contributed by atoms with Gasteiger partial charge in [-0.15, -0.1) is 0 Å². The van der Waals surface area contributed by atoms with E-state index in [1.54, 1.807) is 0 Å². The van der Waals surface area contributed by atoms with E-state index in [0.717, 1.165) is 62.7 Å². The Morgan fingerprint density at radius 1 is 0.385 bits per heavy atom. The van der Waals surface area contributed by atoms with Crippen molar-refractivity contribution >= 4 is 22.8 Å². The average molecular weight is 709 g/mol. The smallest absolute Gasteiger partial charge is 0.0665 e. The number of unbranched alkanes of at least 4 members (excludes halogenated alkanes) is 18. The summed E-state index contributed by atoms with van der Waals surface area (Å²) >= 11 is 0. The molecule has 0 unspecified atom stereocenters. The fraction of sp³-hybridized carbons (Fsp3) is 0.640. The molecule has 290 valence electrons. The van der Waals surface area contributed by atoms with Crippen LogP contribution in [-0.4, -0.2) is 11.4 Å². The third-order valence-electron chi connectivity index (χ3n) is 10.3. The third-order valence-corrected chi connectivity index (χ3v) is 10.3. The molecule has 0 saturated carbocycles. The van der Waals surface area contributed by atoms with Crippen LogP contribution < -0.4 is 0 Å². The molecule has 2 aromatic carbocycles. The minimum atomic E-state index is 0.987. The Morgan fingerprint density at radius 3 is 1.17 bits per heavy atom. The molecule has 2 aromatic rings. The lowest BCUT2D eigenvalue weighted by atomic mass is 10.00. The molecule has 0 N–H and O–H groups in total. The van der Waals surface area contributed by atoms with E-state index in [1.165, 1.54) is 151 Å². The van der Waals surface area contributed by atoms with E-state index < -0.39 is 0 Å². The highest BCUT2D eigenvalue weighted by atomic mass is 14.8. The minimum Gasteiger partial charge on any atom is -0.251 e. The number of aliphatic imine (C=N–C) groups is 2. The summed E-state index contributed by atoms with van der Waals surface area (Å²) in [5.41, 5.74) is 7.40. The monoisotopic (exact) mass is 709 g/mol. The Morgan fingerprint density at radius 2 is 0.731 bits per heavy atom. The van der Waals surface area contributed by atoms with Crippen LogP contribution in [0.5, 0.6) is 0 Å². The number of rotatable bonds is 33. The molecular weight excluding hydrogens is 629 g/mol. The van der Waals surface area contributed by atoms with Crippen LogP contribution in [0.4, 0.5) is 11.4 Å². The molecule has 52 heavy (non-hydrogen) atoms. The SMILES string of the molecule is CCCCCCCC/C=C/CCc1ccccc1N=C(CCCC)C(CCCCCCCC)=Nc1ccccc1CC/C=C/CCCCCCCC. The van der Waals surface area contributed by atoms with E-state index >= 15 is 0 Å². The van der Waals surface area contributed by atoms with Gasteiger partial charge in [0.2, 0.25) is 0 Å². The normalized spacial score (nSPS) is 12.5. The second kappa shape index (κ2) is 32.9. The summed E-state index contributed by atoms with van der Waals surface area (Å²) < 4.78 is 0. The topological polar surface area (TPSA) is 24.7 Å². The van der Waals surface area contributed by atoms with E-state index in [4.69, 9.17) is 9.98 Å². The fourth-order valence-corrected chi connectivity index (χ4v) is 6.93. The van der Waals surface area contributed by atoms with Crippen molar-refractivity contribution in [3.63, 3.8) is 0 Å². The van der Waals surface area contributed by atoms with E-state index in [9.17, 15) is 0 Å². The van der Waals surface area contributed by atoms with E-state index in [2.05, 4.69) is 101 Å². The molecule has 2 heteroatoms. The van der Waals surface area contributed by atoms with Crippen molar-refractivity contribution in [2.45, 2.75) is 207 Å². The van der Waals surface area contributed by atoms with Gasteiger partial charge in [0.05, 0.1) is 22.8 Å². The molecule has 0 spiro atoms. The number of aryl methyl sites for hydroxylation is 2. The molecule has 0 aliphatic carbocycles. The maximum Gasteiger partial charge on any atom is 0.0665 e. The van der Waals surface area contributed by atoms with E-state index in [1.807, 2.05) is 0 Å². The van der Waals surface area contributed by atoms with E-state index in [0.29, 0.717) is 0 Å². The molecule has 0 aliphatic heterocycles. The number of nitrogens with zero attached hydrogens (tertiary/aromatic N) is 2. The first-order valence-corrected chi connectivity index (χ1v) is 22.3. The van der Waals surface area contributed by atoms with Crippen molar-refractivity contribution in [1.82, 2.24) is 0 Å². The molecule has 0 atom stereocenters. The van der Waals surface area contributed by atoms with Gasteiger partial charge in [-0.25, -0.2) is 0 Å². The molecule has 0 radical (unpaired) electrons. The summed E-state index contributed by atoms with van der Waals surface area (Å²) in [6.07, 6.45) is 44.7. The summed E-state index contributed by atoms with van der Waals surface area (Å²) in [7, 11) is 0. The summed E-state index contributed by atoms with van der Waals surface area (Å²) in [4.78, 5) is 11.0. The van der Waals surface area contributed by atoms with Crippen LogP contribution in [0.2, 0.25) is 0 Å². The van der Waals surface area contributed by atoms with Crippen molar-refractivity contribution in [3.05, 3.63) is 84.0 Å². The zero-order valence-electron chi connectivity index (χ0n) is 34.6. The second-order valence-corrected chi connectivity index (χ2v) is 15.1. The van der Waals surface area contributed by atoms with Gasteiger partial charge in [-0.2, -0.15) is 0 Å². The van der Waals surface area contributed by atoms with Gasteiger partial charge in [0.1, 0.15) is 0 Å². The molecule has 0 aliphatic rings. The molecule has 0 bridgehead atoms. The van der Waals surface area contributed by atoms with Gasteiger partial charge in [0.15, 0.2) is 0 Å². The van der Waals surface area contributed by atoms with Crippen LogP contribution in [0.15, 0.2) is 82.8 Å². The first-order chi connectivity index (χ1) is 25.7. The lowest BCUT2D eigenvalue weighted by Gasteiger charge is -2.14. The molecule has 0 heterocycles. The quantitative estimate of drug-likeness (QED) is 0.0401. The van der Waals surface area contributed by atoms with Gasteiger partial charge in [-0.3, -0.25) is 9.98 Å². The zero-order chi connectivity index (χ0) is 37.2. The molecule has 0 saturated heterocycles.